The molecule has 0 unspecified atom stereocenters. The van der Waals surface area contributed by atoms with Crippen molar-refractivity contribution in [2.24, 2.45) is 0 Å². The molecule has 0 amide bonds. The van der Waals surface area contributed by atoms with E-state index in [1.807, 2.05) is 13.0 Å². The summed E-state index contributed by atoms with van der Waals surface area (Å²) in [5.74, 6) is 0. The van der Waals surface area contributed by atoms with E-state index in [4.69, 9.17) is 10.00 Å². The SMILES string of the molecule is Cc1ccc2c(c1)[C@H](C#N)OCC2. The summed E-state index contributed by atoms with van der Waals surface area (Å²) in [5.41, 5.74) is 3.49. The number of benzene rings is 1. The number of rotatable bonds is 0. The molecule has 1 heterocycles. The Morgan fingerprint density at radius 3 is 3.15 bits per heavy atom. The van der Waals surface area contributed by atoms with Crippen LogP contribution >= 0.6 is 0 Å². The Balaban J connectivity index is 2.49. The van der Waals surface area contributed by atoms with Crippen molar-refractivity contribution >= 4 is 0 Å². The van der Waals surface area contributed by atoms with Gasteiger partial charge in [-0.3, -0.25) is 0 Å². The second-order valence-electron chi connectivity index (χ2n) is 3.33. The van der Waals surface area contributed by atoms with Crippen LogP contribution in [0.25, 0.3) is 0 Å². The van der Waals surface area contributed by atoms with Crippen LogP contribution in [0.5, 0.6) is 0 Å². The highest BCUT2D eigenvalue weighted by Crippen LogP contribution is 2.27. The van der Waals surface area contributed by atoms with Crippen molar-refractivity contribution in [3.63, 3.8) is 0 Å². The van der Waals surface area contributed by atoms with E-state index in [2.05, 4.69) is 18.2 Å². The van der Waals surface area contributed by atoms with Gasteiger partial charge in [0.1, 0.15) is 0 Å². The third kappa shape index (κ3) is 1.43. The highest BCUT2D eigenvalue weighted by atomic mass is 16.5. The van der Waals surface area contributed by atoms with Gasteiger partial charge >= 0.3 is 0 Å². The van der Waals surface area contributed by atoms with E-state index in [1.165, 1.54) is 11.1 Å². The van der Waals surface area contributed by atoms with Crippen LogP contribution in [-0.4, -0.2) is 6.61 Å². The maximum Gasteiger partial charge on any atom is 0.169 e. The molecule has 2 rings (SSSR count). The fourth-order valence-electron chi connectivity index (χ4n) is 1.67. The van der Waals surface area contributed by atoms with Crippen LogP contribution in [0.3, 0.4) is 0 Å². The van der Waals surface area contributed by atoms with Crippen LogP contribution in [0.1, 0.15) is 22.8 Å². The van der Waals surface area contributed by atoms with Crippen LogP contribution in [0.4, 0.5) is 0 Å². The number of aryl methyl sites for hydroxylation is 1. The van der Waals surface area contributed by atoms with Crippen molar-refractivity contribution in [1.82, 2.24) is 0 Å². The lowest BCUT2D eigenvalue weighted by Gasteiger charge is -2.21. The third-order valence-electron chi connectivity index (χ3n) is 2.36. The van der Waals surface area contributed by atoms with E-state index in [1.54, 1.807) is 0 Å². The molecule has 2 nitrogen and oxygen atoms in total. The molecular formula is C11H11NO. The molecule has 66 valence electrons. The average molecular weight is 173 g/mol. The molecule has 13 heavy (non-hydrogen) atoms. The first-order valence-electron chi connectivity index (χ1n) is 4.42. The lowest BCUT2D eigenvalue weighted by molar-refractivity contribution is 0.0799. The molecule has 0 saturated carbocycles. The number of fused-ring (bicyclic) bond motifs is 1. The summed E-state index contributed by atoms with van der Waals surface area (Å²) in [5, 5.41) is 8.85. The molecule has 1 aromatic carbocycles. The van der Waals surface area contributed by atoms with Gasteiger partial charge in [0.15, 0.2) is 6.10 Å². The number of nitriles is 1. The molecule has 0 aliphatic carbocycles. The maximum atomic E-state index is 8.85. The summed E-state index contributed by atoms with van der Waals surface area (Å²) in [4.78, 5) is 0. The molecule has 2 heteroatoms. The van der Waals surface area contributed by atoms with Crippen molar-refractivity contribution in [2.75, 3.05) is 6.61 Å². The minimum absolute atomic E-state index is 0.358. The standard InChI is InChI=1S/C11H11NO/c1-8-2-3-9-4-5-13-11(7-12)10(9)6-8/h2-3,6,11H,4-5H2,1H3/t11-/m0/s1. The molecule has 0 bridgehead atoms. The number of hydrogen-bond acceptors (Lipinski definition) is 2. The van der Waals surface area contributed by atoms with Crippen LogP contribution in [-0.2, 0) is 11.2 Å². The van der Waals surface area contributed by atoms with E-state index in [0.717, 1.165) is 12.0 Å². The third-order valence-corrected chi connectivity index (χ3v) is 2.36. The van der Waals surface area contributed by atoms with Crippen LogP contribution in [0.15, 0.2) is 18.2 Å². The molecular weight excluding hydrogens is 162 g/mol. The Kier molecular flexibility index (Phi) is 2.03. The summed E-state index contributed by atoms with van der Waals surface area (Å²) in [6.45, 7) is 2.69. The summed E-state index contributed by atoms with van der Waals surface area (Å²) in [6.07, 6.45) is 0.567. The molecule has 0 saturated heterocycles. The maximum absolute atomic E-state index is 8.85. The normalized spacial score (nSPS) is 20.5. The van der Waals surface area contributed by atoms with Gasteiger partial charge in [-0.1, -0.05) is 23.8 Å². The first-order chi connectivity index (χ1) is 6.31. The Bertz CT molecular complexity index is 365. The van der Waals surface area contributed by atoms with Crippen LogP contribution in [0, 0.1) is 18.3 Å². The quantitative estimate of drug-likeness (QED) is 0.602. The summed E-state index contributed by atoms with van der Waals surface area (Å²) in [6, 6.07) is 8.39. The molecule has 0 N–H and O–H groups in total. The molecule has 0 radical (unpaired) electrons. The topological polar surface area (TPSA) is 33.0 Å². The number of hydrogen-bond donors (Lipinski definition) is 0. The number of nitrogens with zero attached hydrogens (tertiary/aromatic N) is 1. The second-order valence-corrected chi connectivity index (χ2v) is 3.33. The van der Waals surface area contributed by atoms with Gasteiger partial charge in [-0.25, -0.2) is 0 Å². The fourth-order valence-corrected chi connectivity index (χ4v) is 1.67. The Morgan fingerprint density at radius 2 is 2.38 bits per heavy atom. The zero-order valence-electron chi connectivity index (χ0n) is 7.58. The van der Waals surface area contributed by atoms with E-state index in [-0.39, 0.29) is 6.10 Å². The first kappa shape index (κ1) is 8.28. The van der Waals surface area contributed by atoms with Gasteiger partial charge in [0.05, 0.1) is 12.7 Å². The Morgan fingerprint density at radius 1 is 1.54 bits per heavy atom. The molecule has 1 atom stereocenters. The molecule has 1 aliphatic rings. The molecule has 0 fully saturated rings. The lowest BCUT2D eigenvalue weighted by Crippen LogP contribution is -2.14. The van der Waals surface area contributed by atoms with E-state index in [0.29, 0.717) is 6.61 Å². The van der Waals surface area contributed by atoms with Crippen molar-refractivity contribution in [2.45, 2.75) is 19.4 Å². The lowest BCUT2D eigenvalue weighted by atomic mass is 9.96. The van der Waals surface area contributed by atoms with Gasteiger partial charge in [0, 0.05) is 0 Å². The number of ether oxygens (including phenoxy) is 1. The zero-order chi connectivity index (χ0) is 9.26. The van der Waals surface area contributed by atoms with Crippen molar-refractivity contribution in [3.05, 3.63) is 34.9 Å². The van der Waals surface area contributed by atoms with Crippen molar-refractivity contribution in [1.29, 1.82) is 5.26 Å². The van der Waals surface area contributed by atoms with Crippen molar-refractivity contribution in [3.8, 4) is 6.07 Å². The van der Waals surface area contributed by atoms with Gasteiger partial charge in [0.25, 0.3) is 0 Å². The summed E-state index contributed by atoms with van der Waals surface area (Å²) in [7, 11) is 0. The summed E-state index contributed by atoms with van der Waals surface area (Å²) < 4.78 is 5.35. The van der Waals surface area contributed by atoms with E-state index >= 15 is 0 Å². The minimum atomic E-state index is -0.358. The molecule has 0 spiro atoms. The monoisotopic (exact) mass is 173 g/mol. The fraction of sp³-hybridized carbons (Fsp3) is 0.364. The molecule has 1 aliphatic heterocycles. The first-order valence-corrected chi connectivity index (χ1v) is 4.42. The van der Waals surface area contributed by atoms with E-state index in [9.17, 15) is 0 Å². The second kappa shape index (κ2) is 3.20. The van der Waals surface area contributed by atoms with Gasteiger partial charge in [-0.15, -0.1) is 0 Å². The highest BCUT2D eigenvalue weighted by Gasteiger charge is 2.19. The van der Waals surface area contributed by atoms with Crippen LogP contribution in [0.2, 0.25) is 0 Å². The largest absolute Gasteiger partial charge is 0.358 e. The molecule has 1 aromatic rings. The van der Waals surface area contributed by atoms with Gasteiger partial charge in [-0.05, 0) is 24.5 Å². The summed E-state index contributed by atoms with van der Waals surface area (Å²) >= 11 is 0. The average Bonchev–Trinajstić information content (AvgIpc) is 2.17. The van der Waals surface area contributed by atoms with Gasteiger partial charge in [0.2, 0.25) is 0 Å². The van der Waals surface area contributed by atoms with E-state index < -0.39 is 0 Å². The Hall–Kier alpha value is -1.33. The van der Waals surface area contributed by atoms with Gasteiger partial charge in [-0.2, -0.15) is 5.26 Å². The predicted molar refractivity (Wildman–Crippen MR) is 49.2 cm³/mol. The Labute approximate surface area is 77.8 Å². The highest BCUT2D eigenvalue weighted by molar-refractivity contribution is 5.37. The van der Waals surface area contributed by atoms with Gasteiger partial charge < -0.3 is 4.74 Å². The zero-order valence-corrected chi connectivity index (χ0v) is 7.58. The molecule has 0 aromatic heterocycles. The predicted octanol–water partition coefficient (Wildman–Crippen LogP) is 2.13. The smallest absolute Gasteiger partial charge is 0.169 e. The van der Waals surface area contributed by atoms with Crippen molar-refractivity contribution < 1.29 is 4.74 Å². The van der Waals surface area contributed by atoms with Crippen LogP contribution < -0.4 is 0 Å². The minimum Gasteiger partial charge on any atom is -0.358 e.